The highest BCUT2D eigenvalue weighted by atomic mass is 15.3. The summed E-state index contributed by atoms with van der Waals surface area (Å²) in [6, 6.07) is 2.52. The van der Waals surface area contributed by atoms with Gasteiger partial charge in [0.1, 0.15) is 11.8 Å². The van der Waals surface area contributed by atoms with Crippen LogP contribution in [0.1, 0.15) is 57.2 Å². The van der Waals surface area contributed by atoms with Gasteiger partial charge in [0.05, 0.1) is 5.71 Å². The van der Waals surface area contributed by atoms with Gasteiger partial charge in [-0.15, -0.1) is 0 Å². The first-order valence-corrected chi connectivity index (χ1v) is 9.12. The molecule has 4 N–H and O–H groups in total. The Kier molecular flexibility index (Phi) is 7.13. The highest BCUT2D eigenvalue weighted by Crippen LogP contribution is 2.22. The smallest absolute Gasteiger partial charge is 0.152 e. The number of allylic oxidation sites excluding steroid dienone is 2. The van der Waals surface area contributed by atoms with Crippen LogP contribution in [0.3, 0.4) is 0 Å². The predicted molar refractivity (Wildman–Crippen MR) is 104 cm³/mol. The Morgan fingerprint density at radius 3 is 2.88 bits per heavy atom. The molecule has 1 atom stereocenters. The molecule has 0 amide bonds. The van der Waals surface area contributed by atoms with E-state index in [2.05, 4.69) is 22.3 Å². The van der Waals surface area contributed by atoms with Crippen LogP contribution < -0.4 is 11.1 Å². The molecular formula is C19H30N6. The first-order valence-electron chi connectivity index (χ1n) is 9.12. The number of nitrogens with one attached hydrogen (secondary N) is 2. The van der Waals surface area contributed by atoms with E-state index in [1.807, 2.05) is 30.6 Å². The molecule has 0 aliphatic carbocycles. The van der Waals surface area contributed by atoms with Crippen LogP contribution in [0.5, 0.6) is 0 Å². The van der Waals surface area contributed by atoms with Gasteiger partial charge in [0.25, 0.3) is 0 Å². The van der Waals surface area contributed by atoms with Crippen LogP contribution in [0.15, 0.2) is 24.5 Å². The van der Waals surface area contributed by atoms with Crippen LogP contribution in [-0.4, -0.2) is 33.4 Å². The molecule has 0 radical (unpaired) electrons. The van der Waals surface area contributed by atoms with Gasteiger partial charge in [0.2, 0.25) is 0 Å². The number of nitrogen functional groups attached to an aromatic ring is 1. The predicted octanol–water partition coefficient (Wildman–Crippen LogP) is 3.36. The monoisotopic (exact) mass is 342 g/mol. The molecule has 0 aliphatic rings. The highest BCUT2D eigenvalue weighted by molar-refractivity contribution is 6.12. The summed E-state index contributed by atoms with van der Waals surface area (Å²) >= 11 is 0. The summed E-state index contributed by atoms with van der Waals surface area (Å²) in [5.41, 5.74) is 9.09. The molecule has 1 unspecified atom stereocenters. The summed E-state index contributed by atoms with van der Waals surface area (Å²) in [6.45, 7) is 4.13. The molecule has 0 aromatic carbocycles. The number of aryl methyl sites for hydroxylation is 1. The molecule has 0 aliphatic heterocycles. The third-order valence-corrected chi connectivity index (χ3v) is 4.59. The summed E-state index contributed by atoms with van der Waals surface area (Å²) in [4.78, 5) is 4.10. The van der Waals surface area contributed by atoms with Crippen molar-refractivity contribution in [3.63, 3.8) is 0 Å². The number of rotatable bonds is 10. The molecular weight excluding hydrogens is 312 g/mol. The van der Waals surface area contributed by atoms with E-state index in [9.17, 15) is 0 Å². The molecule has 6 nitrogen and oxygen atoms in total. The number of nitrogens with two attached hydrogens (primary N) is 1. The Morgan fingerprint density at radius 2 is 2.20 bits per heavy atom. The fourth-order valence-corrected chi connectivity index (χ4v) is 3.17. The highest BCUT2D eigenvalue weighted by Gasteiger charge is 2.16. The molecule has 6 heteroatoms. The van der Waals surface area contributed by atoms with Crippen molar-refractivity contribution in [2.24, 2.45) is 0 Å². The lowest BCUT2D eigenvalue weighted by atomic mass is 10.0. The van der Waals surface area contributed by atoms with Gasteiger partial charge in [0, 0.05) is 17.3 Å². The second-order valence-electron chi connectivity index (χ2n) is 6.39. The molecule has 25 heavy (non-hydrogen) atoms. The molecule has 2 rings (SSSR count). The minimum atomic E-state index is 0.415. The number of hydrogen-bond acceptors (Lipinski definition) is 5. The third kappa shape index (κ3) is 4.66. The van der Waals surface area contributed by atoms with E-state index in [1.54, 1.807) is 6.08 Å². The lowest BCUT2D eigenvalue weighted by Crippen LogP contribution is -2.25. The van der Waals surface area contributed by atoms with Crippen LogP contribution in [0.4, 0.5) is 5.82 Å². The van der Waals surface area contributed by atoms with Crippen LogP contribution in [0, 0.1) is 5.41 Å². The summed E-state index contributed by atoms with van der Waals surface area (Å²) in [5.74, 6) is 0.415. The maximum Gasteiger partial charge on any atom is 0.152 e. The molecule has 2 aromatic rings. The van der Waals surface area contributed by atoms with Gasteiger partial charge < -0.3 is 16.5 Å². The van der Waals surface area contributed by atoms with E-state index in [0.29, 0.717) is 17.6 Å². The number of nitrogens with zero attached hydrogens (tertiary/aromatic N) is 3. The second-order valence-corrected chi connectivity index (χ2v) is 6.39. The Morgan fingerprint density at radius 1 is 1.40 bits per heavy atom. The van der Waals surface area contributed by atoms with Gasteiger partial charge in [0.15, 0.2) is 5.82 Å². The number of hydrogen-bond donors (Lipinski definition) is 3. The number of fused-ring (bicyclic) bond motifs is 1. The van der Waals surface area contributed by atoms with Gasteiger partial charge in [-0.1, -0.05) is 32.3 Å². The van der Waals surface area contributed by atoms with Crippen LogP contribution in [0.25, 0.3) is 5.52 Å². The van der Waals surface area contributed by atoms with E-state index >= 15 is 0 Å². The summed E-state index contributed by atoms with van der Waals surface area (Å²) in [7, 11) is 2.03. The number of unbranched alkanes of at least 4 members (excludes halogenated alkanes) is 2. The van der Waals surface area contributed by atoms with E-state index in [4.69, 9.17) is 11.1 Å². The molecule has 0 spiro atoms. The quantitative estimate of drug-likeness (QED) is 0.456. The van der Waals surface area contributed by atoms with Crippen molar-refractivity contribution in [2.45, 2.75) is 58.4 Å². The Hall–Kier alpha value is -2.21. The van der Waals surface area contributed by atoms with Crippen molar-refractivity contribution in [3.8, 4) is 0 Å². The number of aromatic nitrogens is 3. The maximum absolute atomic E-state index is 8.26. The van der Waals surface area contributed by atoms with Crippen molar-refractivity contribution >= 4 is 17.0 Å². The van der Waals surface area contributed by atoms with Gasteiger partial charge in [-0.3, -0.25) is 0 Å². The van der Waals surface area contributed by atoms with E-state index in [1.165, 1.54) is 32.0 Å². The topological polar surface area (TPSA) is 92.1 Å². The molecule has 0 saturated heterocycles. The minimum absolute atomic E-state index is 0.415. The second kappa shape index (κ2) is 9.32. The summed E-state index contributed by atoms with van der Waals surface area (Å²) in [6.07, 6.45) is 12.0. The van der Waals surface area contributed by atoms with E-state index in [0.717, 1.165) is 29.6 Å². The van der Waals surface area contributed by atoms with Crippen molar-refractivity contribution in [1.82, 2.24) is 19.9 Å². The van der Waals surface area contributed by atoms with Crippen molar-refractivity contribution in [2.75, 3.05) is 12.8 Å². The molecule has 136 valence electrons. The summed E-state index contributed by atoms with van der Waals surface area (Å²) in [5, 5.41) is 16.1. The average Bonchev–Trinajstić information content (AvgIpc) is 2.98. The van der Waals surface area contributed by atoms with Gasteiger partial charge in [-0.05, 0) is 45.4 Å². The Labute approximate surface area is 150 Å². The Bertz CT molecular complexity index is 731. The Balaban J connectivity index is 2.23. The molecule has 0 saturated carbocycles. The molecule has 2 heterocycles. The zero-order valence-electron chi connectivity index (χ0n) is 15.5. The molecule has 2 aromatic heterocycles. The van der Waals surface area contributed by atoms with E-state index in [-0.39, 0.29) is 0 Å². The minimum Gasteiger partial charge on any atom is -0.382 e. The van der Waals surface area contributed by atoms with Crippen molar-refractivity contribution in [3.05, 3.63) is 35.8 Å². The van der Waals surface area contributed by atoms with E-state index < -0.39 is 0 Å². The largest absolute Gasteiger partial charge is 0.382 e. The maximum atomic E-state index is 8.26. The van der Waals surface area contributed by atoms with Crippen LogP contribution >= 0.6 is 0 Å². The van der Waals surface area contributed by atoms with Crippen molar-refractivity contribution in [1.29, 1.82) is 5.41 Å². The first kappa shape index (κ1) is 19.1. The van der Waals surface area contributed by atoms with Crippen LogP contribution in [0.2, 0.25) is 0 Å². The molecule has 0 fully saturated rings. The van der Waals surface area contributed by atoms with Crippen LogP contribution in [-0.2, 0) is 6.42 Å². The summed E-state index contributed by atoms with van der Waals surface area (Å²) < 4.78 is 1.84. The number of anilines is 1. The fraction of sp³-hybridized carbons (Fsp3) is 0.526. The molecule has 0 bridgehead atoms. The normalized spacial score (nSPS) is 12.9. The fourth-order valence-electron chi connectivity index (χ4n) is 3.17. The van der Waals surface area contributed by atoms with Gasteiger partial charge >= 0.3 is 0 Å². The SMILES string of the molecule is C/C=C\C(=N)c1cc(CCC(CCCCC)NC)n2ncnc(N)c12. The van der Waals surface area contributed by atoms with Crippen molar-refractivity contribution < 1.29 is 0 Å². The lowest BCUT2D eigenvalue weighted by Gasteiger charge is -2.15. The standard InChI is InChI=1S/C19H30N6/c1-4-6-7-9-14(22-3)10-11-15-12-16(17(20)8-5-2)18-19(21)23-13-24-25(15)18/h5,8,12-14,20,22H,4,6-7,9-11H2,1-3H3,(H2,21,23,24)/b8-5-,20-17?. The zero-order chi connectivity index (χ0) is 18.2. The lowest BCUT2D eigenvalue weighted by molar-refractivity contribution is 0.462. The van der Waals surface area contributed by atoms with Gasteiger partial charge in [-0.2, -0.15) is 5.10 Å². The van der Waals surface area contributed by atoms with Gasteiger partial charge in [-0.25, -0.2) is 9.50 Å². The average molecular weight is 342 g/mol. The zero-order valence-corrected chi connectivity index (χ0v) is 15.5. The first-order chi connectivity index (χ1) is 12.1. The third-order valence-electron chi connectivity index (χ3n) is 4.59.